The molecule has 2 aromatic carbocycles. The number of pyridine rings is 1. The third kappa shape index (κ3) is 3.78. The first kappa shape index (κ1) is 22.6. The van der Waals surface area contributed by atoms with Crippen molar-refractivity contribution >= 4 is 34.3 Å². The summed E-state index contributed by atoms with van der Waals surface area (Å²) in [7, 11) is 2.17. The molecule has 0 radical (unpaired) electrons. The van der Waals surface area contributed by atoms with Crippen molar-refractivity contribution in [3.63, 3.8) is 0 Å². The van der Waals surface area contributed by atoms with E-state index in [4.69, 9.17) is 17.2 Å². The smallest absolute Gasteiger partial charge is 0.174 e. The zero-order valence-corrected chi connectivity index (χ0v) is 21.6. The zero-order valence-electron chi connectivity index (χ0n) is 20.8. The Bertz CT molecular complexity index is 1270. The average molecular weight is 469 g/mol. The van der Waals surface area contributed by atoms with Gasteiger partial charge in [0.25, 0.3) is 0 Å². The molecule has 1 fully saturated rings. The van der Waals surface area contributed by atoms with Crippen molar-refractivity contribution in [3.8, 4) is 0 Å². The molecule has 1 N–H and O–H groups in total. The van der Waals surface area contributed by atoms with Gasteiger partial charge in [0, 0.05) is 30.2 Å². The van der Waals surface area contributed by atoms with Crippen molar-refractivity contribution in [1.29, 1.82) is 0 Å². The number of aromatic nitrogens is 1. The first-order valence-corrected chi connectivity index (χ1v) is 12.2. The number of likely N-dealkylation sites (N-methyl/N-ethyl adjacent to an activating group) is 1. The van der Waals surface area contributed by atoms with Crippen LogP contribution in [0, 0.1) is 13.8 Å². The van der Waals surface area contributed by atoms with Gasteiger partial charge in [-0.2, -0.15) is 0 Å². The van der Waals surface area contributed by atoms with Crippen LogP contribution in [-0.2, 0) is 0 Å². The average Bonchev–Trinajstić information content (AvgIpc) is 3.14. The number of thiocarbonyl (C=S) groups is 1. The number of rotatable bonds is 3. The van der Waals surface area contributed by atoms with Crippen LogP contribution in [0.15, 0.2) is 66.9 Å². The molecule has 0 aliphatic carbocycles. The van der Waals surface area contributed by atoms with E-state index in [2.05, 4.69) is 105 Å². The topological polar surface area (TPSA) is 31.4 Å². The molecule has 1 saturated heterocycles. The largest absolute Gasteiger partial charge is 0.366 e. The third-order valence-corrected chi connectivity index (χ3v) is 7.48. The Kier molecular flexibility index (Phi) is 5.48. The second kappa shape index (κ2) is 8.24. The van der Waals surface area contributed by atoms with Crippen molar-refractivity contribution < 1.29 is 0 Å². The lowest BCUT2D eigenvalue weighted by Gasteiger charge is -2.41. The summed E-state index contributed by atoms with van der Waals surface area (Å²) in [6.45, 7) is 11.0. The van der Waals surface area contributed by atoms with Crippen molar-refractivity contribution in [1.82, 2.24) is 10.3 Å². The molecule has 3 heterocycles. The van der Waals surface area contributed by atoms with Crippen molar-refractivity contribution in [2.45, 2.75) is 52.2 Å². The molecule has 2 atom stereocenters. The molecule has 0 unspecified atom stereocenters. The Morgan fingerprint density at radius 2 is 1.71 bits per heavy atom. The number of allylic oxidation sites excluding steroid dienone is 1. The van der Waals surface area contributed by atoms with Gasteiger partial charge in [-0.05, 0) is 105 Å². The Balaban J connectivity index is 1.67. The standard InChI is InChI=1S/C29H32N4S/c1-18-13-19(2)15-22(14-18)33-27(26(31-28(33)34)24-9-7-8-12-30-24)21-10-11-25-23(16-21)20(3)17-29(4,5)32(25)6/h7-17,26-27H,1-6H3,(H,31,34)/t26-,27+/m0/s1. The van der Waals surface area contributed by atoms with E-state index in [-0.39, 0.29) is 17.6 Å². The predicted octanol–water partition coefficient (Wildman–Crippen LogP) is 6.51. The van der Waals surface area contributed by atoms with Crippen LogP contribution in [0.5, 0.6) is 0 Å². The monoisotopic (exact) mass is 468 g/mol. The van der Waals surface area contributed by atoms with Gasteiger partial charge in [0.1, 0.15) is 0 Å². The summed E-state index contributed by atoms with van der Waals surface area (Å²) in [6.07, 6.45) is 4.21. The molecule has 0 saturated carbocycles. The first-order valence-electron chi connectivity index (χ1n) is 11.8. The SMILES string of the molecule is CC1=CC(C)(C)N(C)c2ccc([C@@H]3[C@H](c4ccccn4)NC(=S)N3c3cc(C)cc(C)c3)cc21. The lowest BCUT2D eigenvalue weighted by Crippen LogP contribution is -2.42. The van der Waals surface area contributed by atoms with E-state index in [1.807, 2.05) is 18.3 Å². The molecule has 0 spiro atoms. The number of nitrogens with zero attached hydrogens (tertiary/aromatic N) is 3. The van der Waals surface area contributed by atoms with Gasteiger partial charge in [0.2, 0.25) is 0 Å². The lowest BCUT2D eigenvalue weighted by atomic mass is 9.86. The van der Waals surface area contributed by atoms with Gasteiger partial charge in [0.05, 0.1) is 23.3 Å². The Morgan fingerprint density at radius 1 is 0.971 bits per heavy atom. The number of hydrogen-bond donors (Lipinski definition) is 1. The summed E-state index contributed by atoms with van der Waals surface area (Å²) >= 11 is 5.92. The van der Waals surface area contributed by atoms with Gasteiger partial charge >= 0.3 is 0 Å². The van der Waals surface area contributed by atoms with Crippen LogP contribution in [0.4, 0.5) is 11.4 Å². The normalized spacial score (nSPS) is 21.2. The van der Waals surface area contributed by atoms with Crippen molar-refractivity contribution in [2.75, 3.05) is 16.8 Å². The highest BCUT2D eigenvalue weighted by Gasteiger charge is 2.41. The molecule has 4 nitrogen and oxygen atoms in total. The maximum absolute atomic E-state index is 5.92. The highest BCUT2D eigenvalue weighted by atomic mass is 32.1. The van der Waals surface area contributed by atoms with Crippen LogP contribution in [0.25, 0.3) is 5.57 Å². The number of nitrogens with one attached hydrogen (secondary N) is 1. The van der Waals surface area contributed by atoms with Crippen molar-refractivity contribution in [3.05, 3.63) is 94.8 Å². The molecule has 0 amide bonds. The zero-order chi connectivity index (χ0) is 24.2. The molecule has 174 valence electrons. The number of aryl methyl sites for hydroxylation is 2. The van der Waals surface area contributed by atoms with Crippen LogP contribution in [0.1, 0.15) is 60.8 Å². The van der Waals surface area contributed by atoms with E-state index in [0.717, 1.165) is 16.5 Å². The Morgan fingerprint density at radius 3 is 2.38 bits per heavy atom. The molecule has 2 aliphatic rings. The molecule has 0 bridgehead atoms. The fraction of sp³-hybridized carbons (Fsp3) is 0.310. The molecule has 5 rings (SSSR count). The van der Waals surface area contributed by atoms with Crippen molar-refractivity contribution in [2.24, 2.45) is 0 Å². The predicted molar refractivity (Wildman–Crippen MR) is 146 cm³/mol. The number of fused-ring (bicyclic) bond motifs is 1. The maximum atomic E-state index is 5.92. The maximum Gasteiger partial charge on any atom is 0.174 e. The molecule has 5 heteroatoms. The molecule has 3 aromatic rings. The minimum Gasteiger partial charge on any atom is -0.366 e. The van der Waals surface area contributed by atoms with Gasteiger partial charge in [-0.1, -0.05) is 24.3 Å². The van der Waals surface area contributed by atoms with E-state index < -0.39 is 0 Å². The van der Waals surface area contributed by atoms with Gasteiger partial charge in [0.15, 0.2) is 5.11 Å². The van der Waals surface area contributed by atoms with Gasteiger partial charge < -0.3 is 15.1 Å². The summed E-state index contributed by atoms with van der Waals surface area (Å²) in [5.41, 5.74) is 9.61. The fourth-order valence-electron chi connectivity index (χ4n) is 5.42. The van der Waals surface area contributed by atoms with Crippen LogP contribution in [0.3, 0.4) is 0 Å². The number of hydrogen-bond acceptors (Lipinski definition) is 3. The Hall–Kier alpha value is -3.18. The second-order valence-electron chi connectivity index (χ2n) is 10.2. The fourth-order valence-corrected chi connectivity index (χ4v) is 5.77. The number of benzene rings is 2. The minimum absolute atomic E-state index is 0.0121. The van der Waals surface area contributed by atoms with E-state index in [1.165, 1.54) is 33.5 Å². The highest BCUT2D eigenvalue weighted by Crippen LogP contribution is 2.45. The summed E-state index contributed by atoms with van der Waals surface area (Å²) < 4.78 is 0. The van der Waals surface area contributed by atoms with E-state index in [0.29, 0.717) is 0 Å². The molecule has 1 aromatic heterocycles. The van der Waals surface area contributed by atoms with E-state index in [9.17, 15) is 0 Å². The van der Waals surface area contributed by atoms with Crippen LogP contribution in [0.2, 0.25) is 0 Å². The molecular weight excluding hydrogens is 436 g/mol. The summed E-state index contributed by atoms with van der Waals surface area (Å²) in [5, 5.41) is 4.32. The number of anilines is 2. The molecule has 34 heavy (non-hydrogen) atoms. The second-order valence-corrected chi connectivity index (χ2v) is 10.5. The first-order chi connectivity index (χ1) is 16.2. The van der Waals surface area contributed by atoms with Crippen LogP contribution in [-0.4, -0.2) is 22.7 Å². The van der Waals surface area contributed by atoms with E-state index >= 15 is 0 Å². The summed E-state index contributed by atoms with van der Waals surface area (Å²) in [6, 6.07) is 19.5. The van der Waals surface area contributed by atoms with Gasteiger partial charge in [-0.15, -0.1) is 0 Å². The van der Waals surface area contributed by atoms with Crippen LogP contribution >= 0.6 is 12.2 Å². The van der Waals surface area contributed by atoms with E-state index in [1.54, 1.807) is 0 Å². The molecule has 2 aliphatic heterocycles. The third-order valence-electron chi connectivity index (χ3n) is 7.17. The highest BCUT2D eigenvalue weighted by molar-refractivity contribution is 7.80. The van der Waals surface area contributed by atoms with Gasteiger partial charge in [-0.3, -0.25) is 4.98 Å². The summed E-state index contributed by atoms with van der Waals surface area (Å²) in [4.78, 5) is 9.32. The quantitative estimate of drug-likeness (QED) is 0.443. The lowest BCUT2D eigenvalue weighted by molar-refractivity contribution is 0.566. The molecular formula is C29H32N4S. The summed E-state index contributed by atoms with van der Waals surface area (Å²) in [5.74, 6) is 0. The minimum atomic E-state index is -0.0467. The Labute approximate surface area is 208 Å². The van der Waals surface area contributed by atoms with Gasteiger partial charge in [-0.25, -0.2) is 0 Å². The van der Waals surface area contributed by atoms with Crippen LogP contribution < -0.4 is 15.1 Å².